The van der Waals surface area contributed by atoms with E-state index in [0.29, 0.717) is 12.8 Å². The summed E-state index contributed by atoms with van der Waals surface area (Å²) in [6.07, 6.45) is 47.0. The van der Waals surface area contributed by atoms with Gasteiger partial charge in [-0.2, -0.15) is 0 Å². The Morgan fingerprint density at radius 2 is 0.659 bits per heavy atom. The van der Waals surface area contributed by atoms with Gasteiger partial charge in [0.15, 0.2) is 0 Å². The highest BCUT2D eigenvalue weighted by Crippen LogP contribution is 2.19. The highest BCUT2D eigenvalue weighted by atomic mass is 16.5. The second-order valence-corrected chi connectivity index (χ2v) is 13.2. The van der Waals surface area contributed by atoms with Crippen molar-refractivity contribution < 1.29 is 19.1 Å². The van der Waals surface area contributed by atoms with E-state index in [2.05, 4.69) is 40.7 Å². The molecule has 0 aliphatic heterocycles. The Hall–Kier alpha value is -1.58. The summed E-state index contributed by atoms with van der Waals surface area (Å²) in [4.78, 5) is 22.1. The van der Waals surface area contributed by atoms with E-state index in [1.807, 2.05) is 0 Å². The maximum atomic E-state index is 11.1. The summed E-state index contributed by atoms with van der Waals surface area (Å²) in [7, 11) is 2.93. The van der Waals surface area contributed by atoms with Crippen molar-refractivity contribution in [2.45, 2.75) is 200 Å². The van der Waals surface area contributed by atoms with Crippen molar-refractivity contribution in [3.63, 3.8) is 0 Å². The van der Waals surface area contributed by atoms with Crippen molar-refractivity contribution >= 4 is 11.9 Å². The Bertz CT molecular complexity index is 612. The number of rotatable bonds is 34. The number of ether oxygens (including phenoxy) is 2. The third kappa shape index (κ3) is 34.9. The van der Waals surface area contributed by atoms with Crippen LogP contribution >= 0.6 is 0 Å². The van der Waals surface area contributed by atoms with Crippen LogP contribution in [0.5, 0.6) is 0 Å². The van der Waals surface area contributed by atoms with Gasteiger partial charge in [-0.1, -0.05) is 147 Å². The Morgan fingerprint density at radius 3 is 0.955 bits per heavy atom. The van der Waals surface area contributed by atoms with Crippen LogP contribution < -0.4 is 0 Å². The number of esters is 2. The van der Waals surface area contributed by atoms with E-state index in [1.54, 1.807) is 0 Å². The van der Waals surface area contributed by atoms with Gasteiger partial charge in [-0.3, -0.25) is 9.59 Å². The molecule has 0 unspecified atom stereocenters. The predicted molar refractivity (Wildman–Crippen MR) is 190 cm³/mol. The number of hydrogen-bond donors (Lipinski definition) is 0. The molecular weight excluding hydrogens is 544 g/mol. The minimum absolute atomic E-state index is 0.0771. The zero-order valence-corrected chi connectivity index (χ0v) is 29.7. The predicted octanol–water partition coefficient (Wildman–Crippen LogP) is 12.8. The van der Waals surface area contributed by atoms with E-state index < -0.39 is 0 Å². The average Bonchev–Trinajstić information content (AvgIpc) is 3.03. The third-order valence-electron chi connectivity index (χ3n) is 8.93. The minimum atomic E-state index is -0.0771. The Labute approximate surface area is 274 Å². The Balaban J connectivity index is 3.26. The molecule has 258 valence electrons. The summed E-state index contributed by atoms with van der Waals surface area (Å²) in [5, 5.41) is 0. The lowest BCUT2D eigenvalue weighted by atomic mass is 9.96. The summed E-state index contributed by atoms with van der Waals surface area (Å²) in [5.41, 5.74) is 0. The van der Waals surface area contributed by atoms with Gasteiger partial charge in [-0.05, 0) is 70.1 Å². The molecule has 0 aromatic rings. The van der Waals surface area contributed by atoms with Crippen molar-refractivity contribution in [2.75, 3.05) is 14.2 Å². The Kier molecular flexibility index (Phi) is 34.6. The molecule has 0 amide bonds. The molecule has 4 heteroatoms. The van der Waals surface area contributed by atoms with E-state index >= 15 is 0 Å². The van der Waals surface area contributed by atoms with Crippen LogP contribution in [0.25, 0.3) is 0 Å². The molecule has 0 saturated heterocycles. The summed E-state index contributed by atoms with van der Waals surface area (Å²) in [6.45, 7) is 2.47. The molecule has 0 aromatic carbocycles. The van der Waals surface area contributed by atoms with Gasteiger partial charge >= 0.3 is 11.9 Å². The summed E-state index contributed by atoms with van der Waals surface area (Å²) in [5.74, 6) is 0.753. The number of hydrogen-bond acceptors (Lipinski definition) is 4. The molecular formula is C40H74O4. The first-order chi connectivity index (χ1) is 21.6. The van der Waals surface area contributed by atoms with E-state index in [4.69, 9.17) is 0 Å². The van der Waals surface area contributed by atoms with Gasteiger partial charge in [-0.15, -0.1) is 0 Å². The van der Waals surface area contributed by atoms with E-state index in [1.165, 1.54) is 168 Å². The van der Waals surface area contributed by atoms with Crippen molar-refractivity contribution in [1.82, 2.24) is 0 Å². The minimum Gasteiger partial charge on any atom is -0.469 e. The largest absolute Gasteiger partial charge is 0.469 e. The second-order valence-electron chi connectivity index (χ2n) is 13.2. The van der Waals surface area contributed by atoms with E-state index in [-0.39, 0.29) is 11.9 Å². The molecule has 4 nitrogen and oxygen atoms in total. The first-order valence-corrected chi connectivity index (χ1v) is 19.0. The van der Waals surface area contributed by atoms with Crippen molar-refractivity contribution in [2.24, 2.45) is 5.92 Å². The fraction of sp³-hybridized carbons (Fsp3) is 0.850. The van der Waals surface area contributed by atoms with E-state index in [9.17, 15) is 9.59 Å². The molecule has 0 rings (SSSR count). The van der Waals surface area contributed by atoms with Crippen LogP contribution in [0.1, 0.15) is 200 Å². The first kappa shape index (κ1) is 42.4. The molecule has 0 heterocycles. The maximum absolute atomic E-state index is 11.1. The molecule has 0 aromatic heterocycles. The number of unbranched alkanes of at least 4 members (excludes halogenated alkanes) is 22. The molecule has 0 radical (unpaired) electrons. The molecule has 0 N–H and O–H groups in total. The third-order valence-corrected chi connectivity index (χ3v) is 8.93. The fourth-order valence-corrected chi connectivity index (χ4v) is 5.87. The van der Waals surface area contributed by atoms with Gasteiger partial charge in [0.1, 0.15) is 0 Å². The number of methoxy groups -OCH3 is 2. The standard InChI is InChI=1S/C40H74O4/c1-38(34-30-26-22-18-14-10-6-4-8-12-16-20-24-28-32-36-39(41)43-2)35-31-27-23-19-15-11-7-5-9-13-17-21-25-29-33-37-40(42)44-3/h4-5,8-9,38H,6-7,10-37H2,1-3H3/b8-4-,9-5-. The van der Waals surface area contributed by atoms with Crippen LogP contribution in [0.3, 0.4) is 0 Å². The average molecular weight is 619 g/mol. The second kappa shape index (κ2) is 35.9. The quantitative estimate of drug-likeness (QED) is 0.0409. The summed E-state index contributed by atoms with van der Waals surface area (Å²) >= 11 is 0. The summed E-state index contributed by atoms with van der Waals surface area (Å²) in [6, 6.07) is 0. The Morgan fingerprint density at radius 1 is 0.409 bits per heavy atom. The van der Waals surface area contributed by atoms with E-state index in [0.717, 1.165) is 31.6 Å². The molecule has 0 fully saturated rings. The molecule has 0 bridgehead atoms. The molecule has 0 atom stereocenters. The lowest BCUT2D eigenvalue weighted by Crippen LogP contribution is -1.98. The van der Waals surface area contributed by atoms with Crippen LogP contribution in [0.15, 0.2) is 24.3 Å². The zero-order chi connectivity index (χ0) is 32.2. The van der Waals surface area contributed by atoms with Crippen LogP contribution in [0, 0.1) is 5.92 Å². The maximum Gasteiger partial charge on any atom is 0.305 e. The van der Waals surface area contributed by atoms with Crippen molar-refractivity contribution in [1.29, 1.82) is 0 Å². The molecule has 0 spiro atoms. The molecule has 44 heavy (non-hydrogen) atoms. The van der Waals surface area contributed by atoms with Gasteiger partial charge in [0.2, 0.25) is 0 Å². The van der Waals surface area contributed by atoms with Gasteiger partial charge in [-0.25, -0.2) is 0 Å². The van der Waals surface area contributed by atoms with Gasteiger partial charge in [0.05, 0.1) is 14.2 Å². The van der Waals surface area contributed by atoms with Crippen LogP contribution in [0.2, 0.25) is 0 Å². The smallest absolute Gasteiger partial charge is 0.305 e. The number of carbonyl (C=O) groups excluding carboxylic acids is 2. The lowest BCUT2D eigenvalue weighted by molar-refractivity contribution is -0.141. The normalized spacial score (nSPS) is 11.7. The highest BCUT2D eigenvalue weighted by molar-refractivity contribution is 5.69. The van der Waals surface area contributed by atoms with Crippen molar-refractivity contribution in [3.8, 4) is 0 Å². The van der Waals surface area contributed by atoms with Crippen LogP contribution in [0.4, 0.5) is 0 Å². The SMILES string of the molecule is COC(=O)CCCCCCC/C=C\CCCCCCCCC(C)CCCCCCCC/C=C\CCCCCCCC(=O)OC. The van der Waals surface area contributed by atoms with Crippen LogP contribution in [-0.2, 0) is 19.1 Å². The van der Waals surface area contributed by atoms with Gasteiger partial charge < -0.3 is 9.47 Å². The first-order valence-electron chi connectivity index (χ1n) is 19.0. The fourth-order valence-electron chi connectivity index (χ4n) is 5.87. The molecule has 0 aliphatic rings. The van der Waals surface area contributed by atoms with Gasteiger partial charge in [0.25, 0.3) is 0 Å². The molecule has 0 aliphatic carbocycles. The van der Waals surface area contributed by atoms with Crippen LogP contribution in [-0.4, -0.2) is 26.2 Å². The number of allylic oxidation sites excluding steroid dienone is 4. The molecule has 0 saturated carbocycles. The zero-order valence-electron chi connectivity index (χ0n) is 29.7. The monoisotopic (exact) mass is 619 g/mol. The highest BCUT2D eigenvalue weighted by Gasteiger charge is 2.03. The van der Waals surface area contributed by atoms with Crippen molar-refractivity contribution in [3.05, 3.63) is 24.3 Å². The topological polar surface area (TPSA) is 52.6 Å². The number of carbonyl (C=O) groups is 2. The lowest BCUT2D eigenvalue weighted by Gasteiger charge is -2.11. The van der Waals surface area contributed by atoms with Gasteiger partial charge in [0, 0.05) is 12.8 Å². The summed E-state index contributed by atoms with van der Waals surface area (Å²) < 4.78 is 9.35.